The van der Waals surface area contributed by atoms with Crippen molar-refractivity contribution >= 4 is 11.6 Å². The summed E-state index contributed by atoms with van der Waals surface area (Å²) < 4.78 is 16.8. The summed E-state index contributed by atoms with van der Waals surface area (Å²) in [5, 5.41) is 7.34. The number of carbonyl (C=O) groups is 1. The number of ether oxygens (including phenoxy) is 2. The zero-order valence-electron chi connectivity index (χ0n) is 18.7. The summed E-state index contributed by atoms with van der Waals surface area (Å²) in [6, 6.07) is 16.7. The van der Waals surface area contributed by atoms with Crippen molar-refractivity contribution in [2.24, 2.45) is 0 Å². The number of hydrogen-bond donors (Lipinski definition) is 1. The highest BCUT2D eigenvalue weighted by Gasteiger charge is 2.37. The van der Waals surface area contributed by atoms with E-state index in [2.05, 4.69) is 10.5 Å². The Kier molecular flexibility index (Phi) is 5.83. The standard InChI is InChI=1S/C25H26N4O4/c1-16-21(24-27-23(28-33-24)18-10-6-11-19(14-18)31-2)22(17-8-4-3-5-9-17)26-25(30)29(16)15-20-12-7-13-32-20/h3-6,8-11,14,20,22H,7,12-13,15H2,1-2H3,(H,26,30). The van der Waals surface area contributed by atoms with E-state index in [0.717, 1.165) is 41.8 Å². The number of nitrogens with zero attached hydrogens (tertiary/aromatic N) is 3. The van der Waals surface area contributed by atoms with Gasteiger partial charge in [-0.15, -0.1) is 0 Å². The van der Waals surface area contributed by atoms with Gasteiger partial charge in [-0.2, -0.15) is 4.98 Å². The molecule has 33 heavy (non-hydrogen) atoms. The second kappa shape index (κ2) is 9.07. The van der Waals surface area contributed by atoms with Crippen LogP contribution in [-0.2, 0) is 4.74 Å². The van der Waals surface area contributed by atoms with Crippen LogP contribution in [0.4, 0.5) is 4.79 Å². The summed E-state index contributed by atoms with van der Waals surface area (Å²) in [6.45, 7) is 3.14. The molecule has 2 aromatic carbocycles. The maximum atomic E-state index is 13.1. The molecule has 2 amide bonds. The van der Waals surface area contributed by atoms with Crippen LogP contribution in [0.3, 0.4) is 0 Å². The highest BCUT2D eigenvalue weighted by atomic mass is 16.5. The molecule has 0 bridgehead atoms. The molecular weight excluding hydrogens is 420 g/mol. The molecule has 0 radical (unpaired) electrons. The van der Waals surface area contributed by atoms with Gasteiger partial charge in [-0.25, -0.2) is 4.79 Å². The molecule has 1 N–H and O–H groups in total. The van der Waals surface area contributed by atoms with Crippen molar-refractivity contribution in [1.29, 1.82) is 0 Å². The van der Waals surface area contributed by atoms with Gasteiger partial charge in [-0.1, -0.05) is 47.6 Å². The minimum atomic E-state index is -0.405. The molecule has 3 aromatic rings. The Morgan fingerprint density at radius 1 is 1.18 bits per heavy atom. The summed E-state index contributed by atoms with van der Waals surface area (Å²) in [6.07, 6.45) is 1.97. The molecule has 3 heterocycles. The molecule has 0 spiro atoms. The Bertz CT molecular complexity index is 1170. The molecule has 170 valence electrons. The summed E-state index contributed by atoms with van der Waals surface area (Å²) in [5.41, 5.74) is 3.29. The predicted octanol–water partition coefficient (Wildman–Crippen LogP) is 4.42. The van der Waals surface area contributed by atoms with E-state index in [9.17, 15) is 4.79 Å². The van der Waals surface area contributed by atoms with Gasteiger partial charge in [-0.05, 0) is 37.5 Å². The van der Waals surface area contributed by atoms with Crippen LogP contribution in [0.25, 0.3) is 17.0 Å². The quantitative estimate of drug-likeness (QED) is 0.603. The fourth-order valence-corrected chi connectivity index (χ4v) is 4.38. The Morgan fingerprint density at radius 2 is 2.03 bits per heavy atom. The van der Waals surface area contributed by atoms with Crippen LogP contribution >= 0.6 is 0 Å². The lowest BCUT2D eigenvalue weighted by Crippen LogP contribution is -2.48. The Hall–Kier alpha value is -3.65. The molecule has 1 aromatic heterocycles. The number of carbonyl (C=O) groups excluding carboxylic acids is 1. The molecule has 2 aliphatic heterocycles. The largest absolute Gasteiger partial charge is 0.497 e. The second-order valence-corrected chi connectivity index (χ2v) is 8.19. The van der Waals surface area contributed by atoms with Gasteiger partial charge < -0.3 is 19.3 Å². The van der Waals surface area contributed by atoms with Crippen molar-refractivity contribution < 1.29 is 18.8 Å². The maximum absolute atomic E-state index is 13.1. The van der Waals surface area contributed by atoms with Crippen LogP contribution in [0.5, 0.6) is 5.75 Å². The molecule has 8 nitrogen and oxygen atoms in total. The number of methoxy groups -OCH3 is 1. The lowest BCUT2D eigenvalue weighted by molar-refractivity contribution is 0.0877. The molecule has 1 fully saturated rings. The molecule has 2 atom stereocenters. The van der Waals surface area contributed by atoms with Crippen LogP contribution in [-0.4, -0.2) is 47.4 Å². The number of benzene rings is 2. The minimum Gasteiger partial charge on any atom is -0.497 e. The topological polar surface area (TPSA) is 89.7 Å². The van der Waals surface area contributed by atoms with Crippen molar-refractivity contribution in [1.82, 2.24) is 20.4 Å². The van der Waals surface area contributed by atoms with Gasteiger partial charge in [-0.3, -0.25) is 4.90 Å². The molecular formula is C25H26N4O4. The first-order chi connectivity index (χ1) is 16.1. The van der Waals surface area contributed by atoms with Crippen molar-refractivity contribution in [2.75, 3.05) is 20.3 Å². The Balaban J connectivity index is 1.56. The molecule has 2 unspecified atom stereocenters. The SMILES string of the molecule is COc1cccc(-c2noc(C3=C(C)N(CC4CCCO4)C(=O)NC3c3ccccc3)n2)c1. The van der Waals surface area contributed by atoms with Crippen LogP contribution < -0.4 is 10.1 Å². The number of amides is 2. The summed E-state index contributed by atoms with van der Waals surface area (Å²) >= 11 is 0. The van der Waals surface area contributed by atoms with Crippen LogP contribution in [0.15, 0.2) is 64.8 Å². The van der Waals surface area contributed by atoms with E-state index in [4.69, 9.17) is 19.0 Å². The van der Waals surface area contributed by atoms with Crippen molar-refractivity contribution in [3.8, 4) is 17.1 Å². The molecule has 0 aliphatic carbocycles. The first kappa shape index (κ1) is 21.2. The van der Waals surface area contributed by atoms with Gasteiger partial charge in [0.15, 0.2) is 0 Å². The third-order valence-corrected chi connectivity index (χ3v) is 6.12. The fraction of sp³-hybridized carbons (Fsp3) is 0.320. The molecule has 2 aliphatic rings. The maximum Gasteiger partial charge on any atom is 0.322 e. The Labute approximate surface area is 192 Å². The molecule has 8 heteroatoms. The number of allylic oxidation sites excluding steroid dienone is 1. The average molecular weight is 447 g/mol. The van der Waals surface area contributed by atoms with Crippen LogP contribution in [0, 0.1) is 0 Å². The van der Waals surface area contributed by atoms with Crippen molar-refractivity contribution in [2.45, 2.75) is 31.9 Å². The van der Waals surface area contributed by atoms with Gasteiger partial charge in [0, 0.05) is 17.9 Å². The normalized spacial score (nSPS) is 20.8. The highest BCUT2D eigenvalue weighted by Crippen LogP contribution is 2.37. The van der Waals surface area contributed by atoms with E-state index in [1.54, 1.807) is 12.0 Å². The van der Waals surface area contributed by atoms with E-state index >= 15 is 0 Å². The van der Waals surface area contributed by atoms with Crippen molar-refractivity contribution in [3.63, 3.8) is 0 Å². The third-order valence-electron chi connectivity index (χ3n) is 6.12. The van der Waals surface area contributed by atoms with E-state index in [0.29, 0.717) is 24.0 Å². The van der Waals surface area contributed by atoms with E-state index < -0.39 is 6.04 Å². The van der Waals surface area contributed by atoms with Gasteiger partial charge in [0.25, 0.3) is 5.89 Å². The van der Waals surface area contributed by atoms with E-state index in [1.165, 1.54) is 0 Å². The molecule has 5 rings (SSSR count). The van der Waals surface area contributed by atoms with E-state index in [1.807, 2.05) is 61.5 Å². The van der Waals surface area contributed by atoms with Gasteiger partial charge in [0.2, 0.25) is 5.82 Å². The summed E-state index contributed by atoms with van der Waals surface area (Å²) in [7, 11) is 1.62. The van der Waals surface area contributed by atoms with Crippen LogP contribution in [0.1, 0.15) is 37.3 Å². The van der Waals surface area contributed by atoms with Crippen LogP contribution in [0.2, 0.25) is 0 Å². The zero-order valence-corrected chi connectivity index (χ0v) is 18.7. The summed E-state index contributed by atoms with van der Waals surface area (Å²) in [5.74, 6) is 1.54. The highest BCUT2D eigenvalue weighted by molar-refractivity contribution is 5.87. The van der Waals surface area contributed by atoms with Gasteiger partial charge in [0.1, 0.15) is 5.75 Å². The van der Waals surface area contributed by atoms with Gasteiger partial charge in [0.05, 0.1) is 31.4 Å². The number of rotatable bonds is 6. The average Bonchev–Trinajstić information content (AvgIpc) is 3.54. The van der Waals surface area contributed by atoms with E-state index in [-0.39, 0.29) is 12.1 Å². The Morgan fingerprint density at radius 3 is 2.79 bits per heavy atom. The zero-order chi connectivity index (χ0) is 22.8. The first-order valence-electron chi connectivity index (χ1n) is 11.1. The number of hydrogen-bond acceptors (Lipinski definition) is 6. The van der Waals surface area contributed by atoms with Gasteiger partial charge >= 0.3 is 6.03 Å². The number of nitrogens with one attached hydrogen (secondary N) is 1. The fourth-order valence-electron chi connectivity index (χ4n) is 4.38. The lowest BCUT2D eigenvalue weighted by Gasteiger charge is -2.36. The second-order valence-electron chi connectivity index (χ2n) is 8.19. The first-order valence-corrected chi connectivity index (χ1v) is 11.1. The monoisotopic (exact) mass is 446 g/mol. The molecule has 1 saturated heterocycles. The summed E-state index contributed by atoms with van der Waals surface area (Å²) in [4.78, 5) is 19.5. The lowest BCUT2D eigenvalue weighted by atomic mass is 9.94. The molecule has 0 saturated carbocycles. The smallest absolute Gasteiger partial charge is 0.322 e. The predicted molar refractivity (Wildman–Crippen MR) is 122 cm³/mol. The third kappa shape index (κ3) is 4.21. The number of urea groups is 1. The number of aromatic nitrogens is 2. The minimum absolute atomic E-state index is 0.0234. The van der Waals surface area contributed by atoms with Crippen molar-refractivity contribution in [3.05, 3.63) is 71.7 Å².